The van der Waals surface area contributed by atoms with Crippen LogP contribution >= 0.6 is 11.3 Å². The Morgan fingerprint density at radius 3 is 2.56 bits per heavy atom. The van der Waals surface area contributed by atoms with Crippen LogP contribution in [0.5, 0.6) is 0 Å². The van der Waals surface area contributed by atoms with E-state index >= 15 is 0 Å². The maximum atomic E-state index is 2.28. The fourth-order valence-electron chi connectivity index (χ4n) is 2.16. The molecule has 1 heterocycles. The van der Waals surface area contributed by atoms with E-state index in [1.54, 1.807) is 0 Å². The van der Waals surface area contributed by atoms with E-state index < -0.39 is 0 Å². The molecule has 0 unspecified atom stereocenters. The second kappa shape index (κ2) is 4.79. The van der Waals surface area contributed by atoms with Crippen LogP contribution in [-0.4, -0.2) is 0 Å². The number of hydrogen-bond donors (Lipinski definition) is 0. The molecule has 0 nitrogen and oxygen atoms in total. The lowest BCUT2D eigenvalue weighted by Gasteiger charge is -2.02. The topological polar surface area (TPSA) is 0 Å². The highest BCUT2D eigenvalue weighted by molar-refractivity contribution is 7.22. The average Bonchev–Trinajstić information content (AvgIpc) is 2.83. The predicted molar refractivity (Wildman–Crippen MR) is 82.0 cm³/mol. The third kappa shape index (κ3) is 1.98. The van der Waals surface area contributed by atoms with Gasteiger partial charge in [0.25, 0.3) is 0 Å². The average molecular weight is 250 g/mol. The Kier molecular flexibility index (Phi) is 2.99. The first kappa shape index (κ1) is 11.2. The number of rotatable bonds is 2. The molecule has 3 rings (SSSR count). The lowest BCUT2D eigenvalue weighted by molar-refractivity contribution is 1.64. The van der Waals surface area contributed by atoms with Crippen molar-refractivity contribution in [2.75, 3.05) is 0 Å². The van der Waals surface area contributed by atoms with E-state index in [0.29, 0.717) is 0 Å². The third-order valence-electron chi connectivity index (χ3n) is 3.00. The maximum Gasteiger partial charge on any atom is 0.0361 e. The van der Waals surface area contributed by atoms with Gasteiger partial charge in [-0.2, -0.15) is 0 Å². The molecule has 0 fully saturated rings. The summed E-state index contributed by atoms with van der Waals surface area (Å²) >= 11 is 1.86. The van der Waals surface area contributed by atoms with Gasteiger partial charge in [-0.25, -0.2) is 0 Å². The van der Waals surface area contributed by atoms with E-state index in [-0.39, 0.29) is 0 Å². The number of hydrogen-bond acceptors (Lipinski definition) is 1. The Bertz CT molecular complexity index is 671. The molecule has 2 aromatic carbocycles. The first-order valence-corrected chi connectivity index (χ1v) is 6.91. The van der Waals surface area contributed by atoms with Crippen molar-refractivity contribution in [1.29, 1.82) is 0 Å². The summed E-state index contributed by atoms with van der Waals surface area (Å²) in [6, 6.07) is 19.4. The Labute approximate surface area is 111 Å². The summed E-state index contributed by atoms with van der Waals surface area (Å²) in [5, 5.41) is 1.33. The molecule has 0 radical (unpaired) electrons. The minimum absolute atomic E-state index is 1.28. The molecule has 0 saturated carbocycles. The summed E-state index contributed by atoms with van der Waals surface area (Å²) in [6.07, 6.45) is 4.26. The Balaban J connectivity index is 2.19. The zero-order chi connectivity index (χ0) is 12.4. The van der Waals surface area contributed by atoms with Crippen LogP contribution in [0.25, 0.3) is 26.6 Å². The fourth-order valence-corrected chi connectivity index (χ4v) is 3.27. The molecule has 0 N–H and O–H groups in total. The largest absolute Gasteiger partial charge is 0.135 e. The Morgan fingerprint density at radius 2 is 1.72 bits per heavy atom. The van der Waals surface area contributed by atoms with Crippen molar-refractivity contribution in [2.24, 2.45) is 0 Å². The van der Waals surface area contributed by atoms with Crippen molar-refractivity contribution < 1.29 is 0 Å². The molecular formula is C17H14S. The summed E-state index contributed by atoms with van der Waals surface area (Å²) in [5.74, 6) is 0. The zero-order valence-corrected chi connectivity index (χ0v) is 11.1. The standard InChI is InChI=1S/C17H14S/c1-2-7-13-8-3-5-10-15(13)17-12-14-9-4-6-11-16(14)18-17/h2-12H,1H3/b7-2+. The van der Waals surface area contributed by atoms with E-state index in [0.717, 1.165) is 0 Å². The minimum atomic E-state index is 1.28. The van der Waals surface area contributed by atoms with Crippen LogP contribution in [-0.2, 0) is 0 Å². The number of allylic oxidation sites excluding steroid dienone is 1. The van der Waals surface area contributed by atoms with Gasteiger partial charge in [0, 0.05) is 9.58 Å². The summed E-state index contributed by atoms with van der Waals surface area (Å²) in [7, 11) is 0. The molecule has 0 bridgehead atoms. The molecule has 0 spiro atoms. The molecule has 0 amide bonds. The van der Waals surface area contributed by atoms with Crippen LogP contribution in [0.2, 0.25) is 0 Å². The van der Waals surface area contributed by atoms with Gasteiger partial charge in [-0.3, -0.25) is 0 Å². The van der Waals surface area contributed by atoms with E-state index in [9.17, 15) is 0 Å². The second-order valence-corrected chi connectivity index (χ2v) is 5.32. The van der Waals surface area contributed by atoms with Crippen molar-refractivity contribution in [1.82, 2.24) is 0 Å². The van der Waals surface area contributed by atoms with Gasteiger partial charge < -0.3 is 0 Å². The second-order valence-electron chi connectivity index (χ2n) is 4.24. The molecule has 1 aromatic heterocycles. The molecule has 3 aromatic rings. The van der Waals surface area contributed by atoms with Crippen molar-refractivity contribution in [3.05, 3.63) is 66.2 Å². The van der Waals surface area contributed by atoms with Gasteiger partial charge in [0.05, 0.1) is 0 Å². The summed E-state index contributed by atoms with van der Waals surface area (Å²) in [6.45, 7) is 2.06. The van der Waals surface area contributed by atoms with Crippen LogP contribution in [0.15, 0.2) is 60.7 Å². The summed E-state index contributed by atoms with van der Waals surface area (Å²) < 4.78 is 1.35. The normalized spacial score (nSPS) is 11.4. The Morgan fingerprint density at radius 1 is 0.944 bits per heavy atom. The van der Waals surface area contributed by atoms with Crippen molar-refractivity contribution >= 4 is 27.5 Å². The molecule has 0 atom stereocenters. The predicted octanol–water partition coefficient (Wildman–Crippen LogP) is 5.60. The fraction of sp³-hybridized carbons (Fsp3) is 0.0588. The lowest BCUT2D eigenvalue weighted by atomic mass is 10.1. The lowest BCUT2D eigenvalue weighted by Crippen LogP contribution is -1.78. The van der Waals surface area contributed by atoms with Gasteiger partial charge in [0.1, 0.15) is 0 Å². The molecule has 1 heteroatoms. The highest BCUT2D eigenvalue weighted by Crippen LogP contribution is 2.35. The highest BCUT2D eigenvalue weighted by atomic mass is 32.1. The van der Waals surface area contributed by atoms with E-state index in [1.807, 2.05) is 11.3 Å². The maximum absolute atomic E-state index is 2.28. The first-order chi connectivity index (χ1) is 8.88. The van der Waals surface area contributed by atoms with Crippen molar-refractivity contribution in [3.63, 3.8) is 0 Å². The van der Waals surface area contributed by atoms with Gasteiger partial charge in [-0.05, 0) is 35.6 Å². The van der Waals surface area contributed by atoms with Crippen LogP contribution in [0, 0.1) is 0 Å². The monoisotopic (exact) mass is 250 g/mol. The van der Waals surface area contributed by atoms with E-state index in [2.05, 4.69) is 73.7 Å². The summed E-state index contributed by atoms with van der Waals surface area (Å²) in [4.78, 5) is 1.34. The molecule has 88 valence electrons. The SMILES string of the molecule is C/C=C/c1ccccc1-c1cc2ccccc2s1. The van der Waals surface area contributed by atoms with Crippen LogP contribution < -0.4 is 0 Å². The van der Waals surface area contributed by atoms with Gasteiger partial charge in [0.2, 0.25) is 0 Å². The zero-order valence-electron chi connectivity index (χ0n) is 10.3. The van der Waals surface area contributed by atoms with Crippen molar-refractivity contribution in [2.45, 2.75) is 6.92 Å². The molecule has 18 heavy (non-hydrogen) atoms. The van der Waals surface area contributed by atoms with Gasteiger partial charge in [-0.1, -0.05) is 54.6 Å². The first-order valence-electron chi connectivity index (χ1n) is 6.09. The van der Waals surface area contributed by atoms with E-state index in [4.69, 9.17) is 0 Å². The minimum Gasteiger partial charge on any atom is -0.135 e. The van der Waals surface area contributed by atoms with Gasteiger partial charge >= 0.3 is 0 Å². The molecule has 0 aliphatic carbocycles. The summed E-state index contributed by atoms with van der Waals surface area (Å²) in [5.41, 5.74) is 2.60. The van der Waals surface area contributed by atoms with Crippen LogP contribution in [0.3, 0.4) is 0 Å². The number of thiophene rings is 1. The molecule has 0 aliphatic heterocycles. The van der Waals surface area contributed by atoms with Gasteiger partial charge in [-0.15, -0.1) is 11.3 Å². The van der Waals surface area contributed by atoms with Crippen LogP contribution in [0.4, 0.5) is 0 Å². The van der Waals surface area contributed by atoms with Gasteiger partial charge in [0.15, 0.2) is 0 Å². The highest BCUT2D eigenvalue weighted by Gasteiger charge is 2.06. The number of fused-ring (bicyclic) bond motifs is 1. The molecule has 0 saturated heterocycles. The van der Waals surface area contributed by atoms with E-state index in [1.165, 1.54) is 26.1 Å². The number of benzene rings is 2. The van der Waals surface area contributed by atoms with Crippen LogP contribution in [0.1, 0.15) is 12.5 Å². The van der Waals surface area contributed by atoms with Crippen molar-refractivity contribution in [3.8, 4) is 10.4 Å². The Hall–Kier alpha value is -1.86. The third-order valence-corrected chi connectivity index (χ3v) is 4.15. The molecular weight excluding hydrogens is 236 g/mol. The smallest absolute Gasteiger partial charge is 0.0361 e. The molecule has 0 aliphatic rings. The quantitative estimate of drug-likeness (QED) is 0.555.